The van der Waals surface area contributed by atoms with Gasteiger partial charge in [0.15, 0.2) is 8.96 Å². The van der Waals surface area contributed by atoms with Crippen LogP contribution in [-0.4, -0.2) is 11.5 Å². The lowest BCUT2D eigenvalue weighted by Crippen LogP contribution is -1.80. The van der Waals surface area contributed by atoms with E-state index in [2.05, 4.69) is 19.5 Å². The summed E-state index contributed by atoms with van der Waals surface area (Å²) in [5, 5.41) is 14.2. The molecule has 0 aliphatic heterocycles. The second kappa shape index (κ2) is 6.94. The Kier molecular flexibility index (Phi) is 6.89. The minimum absolute atomic E-state index is 0.199. The first-order chi connectivity index (χ1) is 3.91. The Morgan fingerprint density at radius 1 is 1.75 bits per heavy atom. The van der Waals surface area contributed by atoms with Gasteiger partial charge >= 0.3 is 0 Å². The summed E-state index contributed by atoms with van der Waals surface area (Å²) in [6.07, 6.45) is 1.54. The molecule has 0 saturated carbocycles. The Hall–Kier alpha value is -0.0600. The fourth-order valence-electron chi connectivity index (χ4n) is 0.105. The molecule has 0 aromatic carbocycles. The number of hydrogen-bond donors (Lipinski definition) is 1. The summed E-state index contributed by atoms with van der Waals surface area (Å²) in [7, 11) is -0.199. The van der Waals surface area contributed by atoms with Crippen molar-refractivity contribution in [1.82, 2.24) is 0 Å². The molecule has 0 saturated heterocycles. The Morgan fingerprint density at radius 2 is 2.50 bits per heavy atom. The number of nitrogens with zero attached hydrogens (tertiary/aromatic N) is 1. The van der Waals surface area contributed by atoms with Crippen LogP contribution in [0.3, 0.4) is 0 Å². The largest absolute Gasteiger partial charge is 0.245 e. The van der Waals surface area contributed by atoms with Gasteiger partial charge in [-0.2, -0.15) is 4.67 Å². The Labute approximate surface area is 48.0 Å². The molecule has 8 heavy (non-hydrogen) atoms. The molecule has 0 spiro atoms. The standard InChI is InChI=1S/C2H6NO4P/c1-2-3-8-7-6-5-4/h2,4,8H,1H3/b3-2-. The second-order valence-electron chi connectivity index (χ2n) is 0.704. The third kappa shape index (κ3) is 5.94. The molecule has 1 N–H and O–H groups in total. The maximum absolute atomic E-state index is 7.47. The van der Waals surface area contributed by atoms with Gasteiger partial charge in [-0.05, 0) is 17.0 Å². The van der Waals surface area contributed by atoms with Crippen molar-refractivity contribution in [2.45, 2.75) is 6.92 Å². The normalized spacial score (nSPS) is 12.2. The number of rotatable bonds is 4. The zero-order chi connectivity index (χ0) is 6.24. The van der Waals surface area contributed by atoms with Crippen LogP contribution in [0.5, 0.6) is 0 Å². The molecule has 48 valence electrons. The van der Waals surface area contributed by atoms with Crippen molar-refractivity contribution in [3.63, 3.8) is 0 Å². The highest BCUT2D eigenvalue weighted by molar-refractivity contribution is 7.30. The molecule has 5 nitrogen and oxygen atoms in total. The SMILES string of the molecule is C/C=N\POOOO. The van der Waals surface area contributed by atoms with Crippen molar-refractivity contribution in [3.05, 3.63) is 0 Å². The lowest BCUT2D eigenvalue weighted by molar-refractivity contribution is -0.593. The molecule has 1 atom stereocenters. The summed E-state index contributed by atoms with van der Waals surface area (Å²) in [6.45, 7) is 1.73. The van der Waals surface area contributed by atoms with Crippen LogP contribution in [0.4, 0.5) is 0 Å². The summed E-state index contributed by atoms with van der Waals surface area (Å²) < 4.78 is 7.65. The van der Waals surface area contributed by atoms with Crippen molar-refractivity contribution < 1.29 is 20.0 Å². The van der Waals surface area contributed by atoms with Crippen molar-refractivity contribution >= 4 is 15.2 Å². The molecular formula is C2H6NO4P. The van der Waals surface area contributed by atoms with Crippen LogP contribution in [0.2, 0.25) is 0 Å². The van der Waals surface area contributed by atoms with Gasteiger partial charge < -0.3 is 0 Å². The lowest BCUT2D eigenvalue weighted by Gasteiger charge is -1.89. The van der Waals surface area contributed by atoms with Crippen molar-refractivity contribution in [2.24, 2.45) is 4.76 Å². The second-order valence-corrected chi connectivity index (χ2v) is 1.31. The summed E-state index contributed by atoms with van der Waals surface area (Å²) in [5.74, 6) is 0. The predicted molar refractivity (Wildman–Crippen MR) is 28.4 cm³/mol. The third-order valence-corrected chi connectivity index (χ3v) is 0.790. The van der Waals surface area contributed by atoms with E-state index in [-0.39, 0.29) is 8.96 Å². The quantitative estimate of drug-likeness (QED) is 0.207. The topological polar surface area (TPSA) is 60.3 Å². The Bertz CT molecular complexity index is 67.1. The van der Waals surface area contributed by atoms with E-state index >= 15 is 0 Å². The first-order valence-electron chi connectivity index (χ1n) is 1.78. The van der Waals surface area contributed by atoms with E-state index in [0.717, 1.165) is 0 Å². The fourth-order valence-corrected chi connectivity index (χ4v) is 0.314. The van der Waals surface area contributed by atoms with E-state index in [1.807, 2.05) is 0 Å². The summed E-state index contributed by atoms with van der Waals surface area (Å²) >= 11 is 0. The van der Waals surface area contributed by atoms with Crippen LogP contribution in [0.15, 0.2) is 4.76 Å². The van der Waals surface area contributed by atoms with Gasteiger partial charge in [0.2, 0.25) is 0 Å². The number of hydrogen-bond acceptors (Lipinski definition) is 5. The van der Waals surface area contributed by atoms with Gasteiger partial charge in [0, 0.05) is 6.21 Å². The molecule has 0 bridgehead atoms. The first-order valence-corrected chi connectivity index (χ1v) is 2.63. The zero-order valence-electron chi connectivity index (χ0n) is 4.20. The Morgan fingerprint density at radius 3 is 3.00 bits per heavy atom. The van der Waals surface area contributed by atoms with Gasteiger partial charge in [0.05, 0.1) is 0 Å². The van der Waals surface area contributed by atoms with E-state index in [1.54, 1.807) is 13.1 Å². The van der Waals surface area contributed by atoms with E-state index in [0.29, 0.717) is 0 Å². The highest BCUT2D eigenvalue weighted by atomic mass is 31.1. The van der Waals surface area contributed by atoms with Crippen molar-refractivity contribution in [3.8, 4) is 0 Å². The average Bonchev–Trinajstić information content (AvgIpc) is 1.81. The molecule has 0 aromatic heterocycles. The van der Waals surface area contributed by atoms with E-state index in [4.69, 9.17) is 5.26 Å². The average molecular weight is 139 g/mol. The van der Waals surface area contributed by atoms with Crippen LogP contribution in [-0.2, 0) is 14.8 Å². The van der Waals surface area contributed by atoms with Gasteiger partial charge in [0.1, 0.15) is 0 Å². The molecule has 0 rings (SSSR count). The van der Waals surface area contributed by atoms with Gasteiger partial charge in [0.25, 0.3) is 0 Å². The summed E-state index contributed by atoms with van der Waals surface area (Å²) in [6, 6.07) is 0. The van der Waals surface area contributed by atoms with Crippen LogP contribution in [0, 0.1) is 0 Å². The molecular weight excluding hydrogens is 133 g/mol. The zero-order valence-corrected chi connectivity index (χ0v) is 5.20. The smallest absolute Gasteiger partial charge is 0.181 e. The summed E-state index contributed by atoms with van der Waals surface area (Å²) in [4.78, 5) is 0. The van der Waals surface area contributed by atoms with Crippen LogP contribution < -0.4 is 0 Å². The molecule has 0 fully saturated rings. The molecule has 0 amide bonds. The van der Waals surface area contributed by atoms with Crippen LogP contribution >= 0.6 is 8.96 Å². The van der Waals surface area contributed by atoms with Crippen molar-refractivity contribution in [2.75, 3.05) is 0 Å². The predicted octanol–water partition coefficient (Wildman–Crippen LogP) is 0.938. The fraction of sp³-hybridized carbons (Fsp3) is 0.500. The summed E-state index contributed by atoms with van der Waals surface area (Å²) in [5.41, 5.74) is 0. The molecule has 0 aliphatic rings. The van der Waals surface area contributed by atoms with Gasteiger partial charge in [-0.15, -0.1) is 0 Å². The third-order valence-electron chi connectivity index (χ3n) is 0.284. The molecule has 0 heterocycles. The van der Waals surface area contributed by atoms with Crippen LogP contribution in [0.25, 0.3) is 0 Å². The molecule has 1 unspecified atom stereocenters. The molecule has 0 aromatic rings. The van der Waals surface area contributed by atoms with Gasteiger partial charge in [-0.1, -0.05) is 0 Å². The maximum Gasteiger partial charge on any atom is 0.181 e. The molecule has 6 heteroatoms. The minimum atomic E-state index is -0.199. The highest BCUT2D eigenvalue weighted by Crippen LogP contribution is 2.11. The maximum atomic E-state index is 7.47. The van der Waals surface area contributed by atoms with Gasteiger partial charge in [-0.3, -0.25) is 0 Å². The van der Waals surface area contributed by atoms with Gasteiger partial charge in [-0.25, -0.2) is 10.0 Å². The lowest BCUT2D eigenvalue weighted by atomic mass is 10.9. The van der Waals surface area contributed by atoms with E-state index in [1.165, 1.54) is 0 Å². The minimum Gasteiger partial charge on any atom is -0.245 e. The monoisotopic (exact) mass is 139 g/mol. The van der Waals surface area contributed by atoms with E-state index < -0.39 is 0 Å². The van der Waals surface area contributed by atoms with Crippen LogP contribution in [0.1, 0.15) is 6.92 Å². The Balaban J connectivity index is 2.72. The first kappa shape index (κ1) is 7.94. The van der Waals surface area contributed by atoms with Crippen molar-refractivity contribution in [1.29, 1.82) is 0 Å². The highest BCUT2D eigenvalue weighted by Gasteiger charge is 1.79. The molecule has 0 radical (unpaired) electrons. The molecule has 0 aliphatic carbocycles. The van der Waals surface area contributed by atoms with E-state index in [9.17, 15) is 0 Å².